The maximum Gasteiger partial charge on any atom is 0.322 e. The lowest BCUT2D eigenvalue weighted by molar-refractivity contribution is -0.143. The molecule has 2 atom stereocenters. The minimum Gasteiger partial charge on any atom is -0.468 e. The van der Waals surface area contributed by atoms with E-state index in [9.17, 15) is 4.79 Å². The predicted molar refractivity (Wildman–Crippen MR) is 67.2 cm³/mol. The Kier molecular flexibility index (Phi) is 4.02. The SMILES string of the molecule is COC(=O)C1CC(c2ccccc2Cl)CCN1. The molecule has 1 heterocycles. The van der Waals surface area contributed by atoms with Crippen LogP contribution in [-0.4, -0.2) is 25.7 Å². The normalized spacial score (nSPS) is 24.4. The van der Waals surface area contributed by atoms with E-state index in [0.717, 1.165) is 30.0 Å². The van der Waals surface area contributed by atoms with Gasteiger partial charge in [-0.05, 0) is 36.9 Å². The minimum atomic E-state index is -0.213. The molecule has 1 fully saturated rings. The highest BCUT2D eigenvalue weighted by atomic mass is 35.5. The van der Waals surface area contributed by atoms with Crippen molar-refractivity contribution in [1.82, 2.24) is 5.32 Å². The summed E-state index contributed by atoms with van der Waals surface area (Å²) in [6, 6.07) is 7.62. The van der Waals surface area contributed by atoms with E-state index in [1.807, 2.05) is 24.3 Å². The van der Waals surface area contributed by atoms with Gasteiger partial charge in [-0.25, -0.2) is 0 Å². The summed E-state index contributed by atoms with van der Waals surface area (Å²) in [6.07, 6.45) is 1.74. The molecule has 0 aliphatic carbocycles. The van der Waals surface area contributed by atoms with Gasteiger partial charge < -0.3 is 10.1 Å². The van der Waals surface area contributed by atoms with Crippen LogP contribution in [-0.2, 0) is 9.53 Å². The average Bonchev–Trinajstić information content (AvgIpc) is 2.38. The van der Waals surface area contributed by atoms with Gasteiger partial charge in [0.05, 0.1) is 7.11 Å². The molecule has 0 spiro atoms. The minimum absolute atomic E-state index is 0.193. The third kappa shape index (κ3) is 2.79. The van der Waals surface area contributed by atoms with Gasteiger partial charge in [-0.1, -0.05) is 29.8 Å². The first kappa shape index (κ1) is 12.4. The lowest BCUT2D eigenvalue weighted by Gasteiger charge is -2.29. The number of hydrogen-bond acceptors (Lipinski definition) is 3. The Morgan fingerprint density at radius 1 is 1.47 bits per heavy atom. The van der Waals surface area contributed by atoms with E-state index >= 15 is 0 Å². The summed E-state index contributed by atoms with van der Waals surface area (Å²) in [5.74, 6) is 0.135. The molecule has 1 saturated heterocycles. The van der Waals surface area contributed by atoms with Crippen LogP contribution in [0.25, 0.3) is 0 Å². The van der Waals surface area contributed by atoms with E-state index in [0.29, 0.717) is 5.92 Å². The van der Waals surface area contributed by atoms with Crippen molar-refractivity contribution in [2.24, 2.45) is 0 Å². The molecule has 2 unspecified atom stereocenters. The Hall–Kier alpha value is -1.06. The Bertz CT molecular complexity index is 408. The van der Waals surface area contributed by atoms with E-state index < -0.39 is 0 Å². The van der Waals surface area contributed by atoms with Crippen molar-refractivity contribution in [1.29, 1.82) is 0 Å². The number of halogens is 1. The van der Waals surface area contributed by atoms with Crippen molar-refractivity contribution >= 4 is 17.6 Å². The fourth-order valence-electron chi connectivity index (χ4n) is 2.33. The fraction of sp³-hybridized carbons (Fsp3) is 0.462. The molecule has 17 heavy (non-hydrogen) atoms. The lowest BCUT2D eigenvalue weighted by atomic mass is 9.86. The zero-order valence-corrected chi connectivity index (χ0v) is 10.5. The van der Waals surface area contributed by atoms with Crippen LogP contribution in [0.15, 0.2) is 24.3 Å². The predicted octanol–water partition coefficient (Wildman–Crippen LogP) is 2.35. The first-order valence-corrected chi connectivity index (χ1v) is 6.16. The molecule has 1 aliphatic rings. The van der Waals surface area contributed by atoms with E-state index in [1.54, 1.807) is 0 Å². The third-order valence-electron chi connectivity index (χ3n) is 3.23. The third-order valence-corrected chi connectivity index (χ3v) is 3.58. The fourth-order valence-corrected chi connectivity index (χ4v) is 2.62. The first-order chi connectivity index (χ1) is 8.22. The van der Waals surface area contributed by atoms with Gasteiger partial charge in [-0.3, -0.25) is 4.79 Å². The van der Waals surface area contributed by atoms with Crippen molar-refractivity contribution in [2.75, 3.05) is 13.7 Å². The second-order valence-electron chi connectivity index (χ2n) is 4.27. The van der Waals surface area contributed by atoms with Crippen molar-refractivity contribution in [3.8, 4) is 0 Å². The molecule has 1 aliphatic heterocycles. The van der Waals surface area contributed by atoms with Gasteiger partial charge in [0, 0.05) is 5.02 Å². The van der Waals surface area contributed by atoms with Gasteiger partial charge in [-0.15, -0.1) is 0 Å². The zero-order valence-electron chi connectivity index (χ0n) is 9.78. The largest absolute Gasteiger partial charge is 0.468 e. The molecule has 1 aromatic carbocycles. The highest BCUT2D eigenvalue weighted by Crippen LogP contribution is 2.32. The van der Waals surface area contributed by atoms with Crippen molar-refractivity contribution in [3.63, 3.8) is 0 Å². The maximum absolute atomic E-state index is 11.5. The van der Waals surface area contributed by atoms with Crippen LogP contribution in [0.2, 0.25) is 5.02 Å². The monoisotopic (exact) mass is 253 g/mol. The molecule has 0 saturated carbocycles. The molecule has 0 amide bonds. The topological polar surface area (TPSA) is 38.3 Å². The van der Waals surface area contributed by atoms with Gasteiger partial charge >= 0.3 is 5.97 Å². The van der Waals surface area contributed by atoms with Gasteiger partial charge in [0.25, 0.3) is 0 Å². The maximum atomic E-state index is 11.5. The molecule has 0 aromatic heterocycles. The molecular weight excluding hydrogens is 238 g/mol. The van der Waals surface area contributed by atoms with Gasteiger partial charge in [0.2, 0.25) is 0 Å². The van der Waals surface area contributed by atoms with Crippen LogP contribution in [0.1, 0.15) is 24.3 Å². The Balaban J connectivity index is 2.12. The number of benzene rings is 1. The second-order valence-corrected chi connectivity index (χ2v) is 4.68. The number of nitrogens with one attached hydrogen (secondary N) is 1. The van der Waals surface area contributed by atoms with Crippen LogP contribution >= 0.6 is 11.6 Å². The number of rotatable bonds is 2. The van der Waals surface area contributed by atoms with Crippen molar-refractivity contribution in [2.45, 2.75) is 24.8 Å². The van der Waals surface area contributed by atoms with Gasteiger partial charge in [0.1, 0.15) is 6.04 Å². The Morgan fingerprint density at radius 3 is 2.94 bits per heavy atom. The van der Waals surface area contributed by atoms with Crippen molar-refractivity contribution in [3.05, 3.63) is 34.9 Å². The van der Waals surface area contributed by atoms with Crippen molar-refractivity contribution < 1.29 is 9.53 Å². The zero-order chi connectivity index (χ0) is 12.3. The summed E-state index contributed by atoms with van der Waals surface area (Å²) in [4.78, 5) is 11.5. The van der Waals surface area contributed by atoms with E-state index in [-0.39, 0.29) is 12.0 Å². The number of hydrogen-bond donors (Lipinski definition) is 1. The lowest BCUT2D eigenvalue weighted by Crippen LogP contribution is -2.43. The molecular formula is C13H16ClNO2. The van der Waals surface area contributed by atoms with E-state index in [1.165, 1.54) is 7.11 Å². The number of methoxy groups -OCH3 is 1. The Morgan fingerprint density at radius 2 is 2.24 bits per heavy atom. The van der Waals surface area contributed by atoms with Crippen LogP contribution < -0.4 is 5.32 Å². The number of esters is 1. The standard InChI is InChI=1S/C13H16ClNO2/c1-17-13(16)12-8-9(6-7-15-12)10-4-2-3-5-11(10)14/h2-5,9,12,15H,6-8H2,1H3. The highest BCUT2D eigenvalue weighted by Gasteiger charge is 2.29. The average molecular weight is 254 g/mol. The molecule has 0 bridgehead atoms. The van der Waals surface area contributed by atoms with E-state index in [2.05, 4.69) is 5.32 Å². The van der Waals surface area contributed by atoms with Gasteiger partial charge in [0.15, 0.2) is 0 Å². The Labute approximate surface area is 106 Å². The number of piperidine rings is 1. The second kappa shape index (κ2) is 5.52. The summed E-state index contributed by atoms with van der Waals surface area (Å²) in [5.41, 5.74) is 1.13. The quantitative estimate of drug-likeness (QED) is 0.823. The summed E-state index contributed by atoms with van der Waals surface area (Å²) in [6.45, 7) is 0.815. The summed E-state index contributed by atoms with van der Waals surface area (Å²) >= 11 is 6.18. The first-order valence-electron chi connectivity index (χ1n) is 5.78. The van der Waals surface area contributed by atoms with Gasteiger partial charge in [-0.2, -0.15) is 0 Å². The molecule has 1 N–H and O–H groups in total. The van der Waals surface area contributed by atoms with Crippen LogP contribution in [0.5, 0.6) is 0 Å². The van der Waals surface area contributed by atoms with E-state index in [4.69, 9.17) is 16.3 Å². The number of carbonyl (C=O) groups is 1. The smallest absolute Gasteiger partial charge is 0.322 e. The molecule has 1 aromatic rings. The van der Waals surface area contributed by atoms with Crippen LogP contribution in [0, 0.1) is 0 Å². The summed E-state index contributed by atoms with van der Waals surface area (Å²) in [7, 11) is 1.42. The molecule has 3 nitrogen and oxygen atoms in total. The summed E-state index contributed by atoms with van der Waals surface area (Å²) < 4.78 is 4.77. The highest BCUT2D eigenvalue weighted by molar-refractivity contribution is 6.31. The number of carbonyl (C=O) groups excluding carboxylic acids is 1. The molecule has 0 radical (unpaired) electrons. The van der Waals surface area contributed by atoms with Crippen LogP contribution in [0.4, 0.5) is 0 Å². The summed E-state index contributed by atoms with van der Waals surface area (Å²) in [5, 5.41) is 3.95. The molecule has 2 rings (SSSR count). The molecule has 4 heteroatoms. The number of ether oxygens (including phenoxy) is 1. The molecule has 92 valence electrons. The van der Waals surface area contributed by atoms with Crippen LogP contribution in [0.3, 0.4) is 0 Å².